The Morgan fingerprint density at radius 3 is 2.63 bits per heavy atom. The zero-order valence-corrected chi connectivity index (χ0v) is 15.2. The number of hydrogen-bond acceptors (Lipinski definition) is 4. The van der Waals surface area contributed by atoms with Crippen LogP contribution in [0.5, 0.6) is 0 Å². The van der Waals surface area contributed by atoms with Gasteiger partial charge in [0.25, 0.3) is 5.91 Å². The molecule has 1 fully saturated rings. The van der Waals surface area contributed by atoms with Crippen LogP contribution in [0.25, 0.3) is 0 Å². The largest absolute Gasteiger partial charge is 0.392 e. The summed E-state index contributed by atoms with van der Waals surface area (Å²) in [5, 5.41) is 16.5. The highest BCUT2D eigenvalue weighted by molar-refractivity contribution is 5.94. The molecule has 0 radical (unpaired) electrons. The number of fused-ring (bicyclic) bond motifs is 1. The Kier molecular flexibility index (Phi) is 4.94. The van der Waals surface area contributed by atoms with E-state index in [4.69, 9.17) is 5.11 Å². The minimum Gasteiger partial charge on any atom is -0.392 e. The van der Waals surface area contributed by atoms with Gasteiger partial charge in [-0.1, -0.05) is 18.6 Å². The van der Waals surface area contributed by atoms with E-state index in [1.807, 2.05) is 15.6 Å². The smallest absolute Gasteiger partial charge is 0.251 e. The van der Waals surface area contributed by atoms with Gasteiger partial charge in [-0.05, 0) is 36.6 Å². The first-order valence-corrected chi connectivity index (χ1v) is 9.46. The fourth-order valence-corrected chi connectivity index (χ4v) is 3.55. The van der Waals surface area contributed by atoms with E-state index in [1.54, 1.807) is 24.3 Å². The Hall–Kier alpha value is -2.67. The van der Waals surface area contributed by atoms with E-state index >= 15 is 0 Å². The van der Waals surface area contributed by atoms with Gasteiger partial charge in [-0.25, -0.2) is 0 Å². The number of aliphatic hydroxyl groups excluding tert-OH is 1. The van der Waals surface area contributed by atoms with Crippen molar-refractivity contribution in [2.24, 2.45) is 5.92 Å². The van der Waals surface area contributed by atoms with Crippen LogP contribution < -0.4 is 5.32 Å². The van der Waals surface area contributed by atoms with Gasteiger partial charge in [0.2, 0.25) is 5.91 Å². The number of carbonyl (C=O) groups excluding carboxylic acids is 2. The van der Waals surface area contributed by atoms with Crippen molar-refractivity contribution >= 4 is 11.8 Å². The second kappa shape index (κ2) is 7.52. The number of amides is 2. The molecule has 1 saturated carbocycles. The van der Waals surface area contributed by atoms with Crippen LogP contribution in [0.4, 0.5) is 0 Å². The molecule has 2 heterocycles. The van der Waals surface area contributed by atoms with Crippen molar-refractivity contribution in [3.63, 3.8) is 0 Å². The maximum Gasteiger partial charge on any atom is 0.251 e. The molecule has 7 heteroatoms. The summed E-state index contributed by atoms with van der Waals surface area (Å²) in [4.78, 5) is 26.6. The minimum atomic E-state index is -0.174. The second-order valence-electron chi connectivity index (χ2n) is 7.28. The lowest BCUT2D eigenvalue weighted by Crippen LogP contribution is -2.43. The molecule has 0 atom stereocenters. The van der Waals surface area contributed by atoms with Crippen LogP contribution in [0, 0.1) is 5.92 Å². The lowest BCUT2D eigenvalue weighted by molar-refractivity contribution is -0.139. The van der Waals surface area contributed by atoms with Gasteiger partial charge in [-0.2, -0.15) is 5.10 Å². The van der Waals surface area contributed by atoms with Gasteiger partial charge in [0.05, 0.1) is 37.6 Å². The summed E-state index contributed by atoms with van der Waals surface area (Å²) in [5.74, 6) is 0.317. The fourth-order valence-electron chi connectivity index (χ4n) is 3.55. The van der Waals surface area contributed by atoms with E-state index in [0.717, 1.165) is 36.2 Å². The van der Waals surface area contributed by atoms with E-state index in [9.17, 15) is 9.59 Å². The van der Waals surface area contributed by atoms with Crippen molar-refractivity contribution in [1.29, 1.82) is 0 Å². The normalized spacial score (nSPS) is 16.6. The SMILES string of the molecule is O=C(NCc1cc2n(n1)CCN(C(=O)C1CCC1)C2)c1ccc(CO)cc1. The number of carbonyl (C=O) groups is 2. The van der Waals surface area contributed by atoms with E-state index < -0.39 is 0 Å². The number of hydrogen-bond donors (Lipinski definition) is 2. The third-order valence-electron chi connectivity index (χ3n) is 5.44. The molecule has 0 bridgehead atoms. The zero-order valence-electron chi connectivity index (χ0n) is 15.2. The maximum atomic E-state index is 12.4. The quantitative estimate of drug-likeness (QED) is 0.836. The second-order valence-corrected chi connectivity index (χ2v) is 7.28. The molecule has 2 aliphatic rings. The van der Waals surface area contributed by atoms with Crippen molar-refractivity contribution < 1.29 is 14.7 Å². The summed E-state index contributed by atoms with van der Waals surface area (Å²) in [6, 6.07) is 8.83. The summed E-state index contributed by atoms with van der Waals surface area (Å²) in [6.45, 7) is 2.30. The van der Waals surface area contributed by atoms with E-state index in [-0.39, 0.29) is 24.3 Å². The van der Waals surface area contributed by atoms with E-state index in [1.165, 1.54) is 0 Å². The van der Waals surface area contributed by atoms with Crippen LogP contribution >= 0.6 is 0 Å². The Labute approximate surface area is 158 Å². The molecule has 0 saturated heterocycles. The van der Waals surface area contributed by atoms with E-state index in [2.05, 4.69) is 10.4 Å². The van der Waals surface area contributed by atoms with Crippen LogP contribution in [0.15, 0.2) is 30.3 Å². The summed E-state index contributed by atoms with van der Waals surface area (Å²) >= 11 is 0. The molecule has 1 aliphatic heterocycles. The summed E-state index contributed by atoms with van der Waals surface area (Å²) in [7, 11) is 0. The molecule has 2 aromatic rings. The van der Waals surface area contributed by atoms with Gasteiger partial charge in [0.15, 0.2) is 0 Å². The average Bonchev–Trinajstić information content (AvgIpc) is 3.06. The third kappa shape index (κ3) is 3.73. The molecule has 1 aromatic carbocycles. The molecule has 2 amide bonds. The van der Waals surface area contributed by atoms with Crippen molar-refractivity contribution in [2.75, 3.05) is 6.54 Å². The Bertz CT molecular complexity index is 839. The van der Waals surface area contributed by atoms with Gasteiger partial charge in [-0.3, -0.25) is 14.3 Å². The Balaban J connectivity index is 1.35. The third-order valence-corrected chi connectivity index (χ3v) is 5.44. The standard InChI is InChI=1S/C20H24N4O3/c25-13-14-4-6-15(7-5-14)19(26)21-11-17-10-18-12-23(8-9-24(18)22-17)20(27)16-2-1-3-16/h4-7,10,16,25H,1-3,8-9,11-13H2,(H,21,26). The van der Waals surface area contributed by atoms with Crippen LogP contribution in [0.1, 0.15) is 46.6 Å². The first-order chi connectivity index (χ1) is 13.1. The summed E-state index contributed by atoms with van der Waals surface area (Å²) in [5.41, 5.74) is 3.14. The minimum absolute atomic E-state index is 0.0393. The highest BCUT2D eigenvalue weighted by Crippen LogP contribution is 2.29. The van der Waals surface area contributed by atoms with Gasteiger partial charge >= 0.3 is 0 Å². The number of nitrogens with one attached hydrogen (secondary N) is 1. The molecule has 0 spiro atoms. The van der Waals surface area contributed by atoms with Crippen molar-refractivity contribution in [2.45, 2.75) is 45.5 Å². The van der Waals surface area contributed by atoms with Crippen LogP contribution in [0.2, 0.25) is 0 Å². The van der Waals surface area contributed by atoms with Crippen molar-refractivity contribution in [3.8, 4) is 0 Å². The highest BCUT2D eigenvalue weighted by Gasteiger charge is 2.31. The summed E-state index contributed by atoms with van der Waals surface area (Å²) < 4.78 is 1.93. The molecule has 1 aliphatic carbocycles. The van der Waals surface area contributed by atoms with Crippen LogP contribution in [0.3, 0.4) is 0 Å². The lowest BCUT2D eigenvalue weighted by atomic mass is 9.84. The van der Waals surface area contributed by atoms with Crippen LogP contribution in [-0.2, 0) is 31.0 Å². The summed E-state index contributed by atoms with van der Waals surface area (Å²) in [6.07, 6.45) is 3.20. The first-order valence-electron chi connectivity index (χ1n) is 9.46. The van der Waals surface area contributed by atoms with Crippen LogP contribution in [-0.4, -0.2) is 38.1 Å². The molecule has 7 nitrogen and oxygen atoms in total. The fraction of sp³-hybridized carbons (Fsp3) is 0.450. The number of nitrogens with zero attached hydrogens (tertiary/aromatic N) is 3. The first kappa shape index (κ1) is 17.7. The number of aliphatic hydroxyl groups is 1. The van der Waals surface area contributed by atoms with Crippen molar-refractivity contribution in [3.05, 3.63) is 52.8 Å². The highest BCUT2D eigenvalue weighted by atomic mass is 16.3. The Morgan fingerprint density at radius 2 is 1.96 bits per heavy atom. The molecule has 27 heavy (non-hydrogen) atoms. The number of benzene rings is 1. The predicted octanol–water partition coefficient (Wildman–Crippen LogP) is 1.45. The van der Waals surface area contributed by atoms with E-state index in [0.29, 0.717) is 31.7 Å². The molecular weight excluding hydrogens is 344 g/mol. The number of aromatic nitrogens is 2. The van der Waals surface area contributed by atoms with Gasteiger partial charge in [0.1, 0.15) is 0 Å². The molecule has 4 rings (SSSR count). The lowest BCUT2D eigenvalue weighted by Gasteiger charge is -2.34. The van der Waals surface area contributed by atoms with Gasteiger partial charge < -0.3 is 15.3 Å². The Morgan fingerprint density at radius 1 is 1.19 bits per heavy atom. The van der Waals surface area contributed by atoms with Crippen molar-refractivity contribution in [1.82, 2.24) is 20.0 Å². The molecular formula is C20H24N4O3. The number of rotatable bonds is 5. The zero-order chi connectivity index (χ0) is 18.8. The maximum absolute atomic E-state index is 12.4. The topological polar surface area (TPSA) is 87.5 Å². The predicted molar refractivity (Wildman–Crippen MR) is 98.5 cm³/mol. The molecule has 142 valence electrons. The van der Waals surface area contributed by atoms with Gasteiger partial charge in [-0.15, -0.1) is 0 Å². The molecule has 1 aromatic heterocycles. The monoisotopic (exact) mass is 368 g/mol. The molecule has 0 unspecified atom stereocenters. The average molecular weight is 368 g/mol. The molecule has 2 N–H and O–H groups in total. The van der Waals surface area contributed by atoms with Gasteiger partial charge in [0, 0.05) is 18.0 Å².